The number of aryl methyl sites for hydroxylation is 1. The normalized spacial score (nSPS) is 34.1. The minimum Gasteiger partial charge on any atom is -0.376 e. The predicted molar refractivity (Wildman–Crippen MR) is 76.7 cm³/mol. The van der Waals surface area contributed by atoms with Crippen LogP contribution in [0.1, 0.15) is 12.0 Å². The maximum Gasteiger partial charge on any atom is 0.250 e. The zero-order chi connectivity index (χ0) is 13.8. The number of hydrogen-bond donors (Lipinski definition) is 2. The van der Waals surface area contributed by atoms with E-state index in [1.54, 1.807) is 6.07 Å². The zero-order valence-corrected chi connectivity index (χ0v) is 13.5. The van der Waals surface area contributed by atoms with Gasteiger partial charge in [-0.15, -0.1) is 11.3 Å². The molecule has 0 aromatic carbocycles. The number of fused-ring (bicyclic) bond motifs is 1. The first-order chi connectivity index (χ1) is 8.90. The number of halogens is 1. The summed E-state index contributed by atoms with van der Waals surface area (Å²) < 4.78 is 34.0. The number of nitrogens with one attached hydrogen (secondary N) is 1. The first kappa shape index (κ1) is 14.0. The Hall–Kier alpha value is 0.01000. The summed E-state index contributed by atoms with van der Waals surface area (Å²) in [6.07, 6.45) is 0.863. The third-order valence-corrected chi connectivity index (χ3v) is 7.91. The van der Waals surface area contributed by atoms with Crippen molar-refractivity contribution < 1.29 is 13.2 Å². The predicted octanol–water partition coefficient (Wildman–Crippen LogP) is 1.21. The second kappa shape index (κ2) is 4.78. The molecule has 4 atom stereocenters. The van der Waals surface area contributed by atoms with Crippen molar-refractivity contribution in [3.05, 3.63) is 15.4 Å². The quantitative estimate of drug-likeness (QED) is 0.842. The number of thiophene rings is 1. The van der Waals surface area contributed by atoms with Gasteiger partial charge in [0.15, 0.2) is 0 Å². The molecule has 19 heavy (non-hydrogen) atoms. The molecule has 0 bridgehead atoms. The third kappa shape index (κ3) is 2.28. The highest BCUT2D eigenvalue weighted by Crippen LogP contribution is 2.39. The second-order valence-corrected chi connectivity index (χ2v) is 9.35. The van der Waals surface area contributed by atoms with E-state index in [1.165, 1.54) is 11.3 Å². The molecule has 106 valence electrons. The molecule has 1 aliphatic carbocycles. The van der Waals surface area contributed by atoms with Gasteiger partial charge in [0.05, 0.1) is 15.9 Å². The molecule has 1 saturated carbocycles. The second-order valence-electron chi connectivity index (χ2n) is 5.03. The first-order valence-corrected chi connectivity index (χ1v) is 9.15. The Morgan fingerprint density at radius 2 is 2.32 bits per heavy atom. The van der Waals surface area contributed by atoms with E-state index < -0.39 is 10.0 Å². The molecule has 2 aliphatic rings. The van der Waals surface area contributed by atoms with Crippen molar-refractivity contribution in [1.82, 2.24) is 4.72 Å². The van der Waals surface area contributed by atoms with Crippen LogP contribution in [0.25, 0.3) is 0 Å². The van der Waals surface area contributed by atoms with Crippen LogP contribution in [-0.4, -0.2) is 33.2 Å². The molecular formula is C11H15BrN2O3S2. The number of sulfonamides is 1. The van der Waals surface area contributed by atoms with Crippen molar-refractivity contribution in [3.8, 4) is 0 Å². The summed E-state index contributed by atoms with van der Waals surface area (Å²) in [5.41, 5.74) is 6.93. The van der Waals surface area contributed by atoms with E-state index in [4.69, 9.17) is 10.5 Å². The van der Waals surface area contributed by atoms with E-state index >= 15 is 0 Å². The van der Waals surface area contributed by atoms with E-state index in [0.717, 1.165) is 15.8 Å². The van der Waals surface area contributed by atoms with Crippen LogP contribution in [-0.2, 0) is 14.8 Å². The van der Waals surface area contributed by atoms with Crippen molar-refractivity contribution in [2.45, 2.75) is 35.7 Å². The molecule has 5 nitrogen and oxygen atoms in total. The largest absolute Gasteiger partial charge is 0.376 e. The Morgan fingerprint density at radius 3 is 2.95 bits per heavy atom. The van der Waals surface area contributed by atoms with E-state index in [-0.39, 0.29) is 18.2 Å². The van der Waals surface area contributed by atoms with Gasteiger partial charge < -0.3 is 10.5 Å². The molecule has 2 fully saturated rings. The van der Waals surface area contributed by atoms with Gasteiger partial charge in [0, 0.05) is 18.6 Å². The van der Waals surface area contributed by atoms with Crippen LogP contribution in [0, 0.1) is 12.8 Å². The molecule has 8 heteroatoms. The van der Waals surface area contributed by atoms with Crippen LogP contribution < -0.4 is 10.5 Å². The standard InChI is InChI=1S/C11H15BrN2O3S2/c1-5-4-7(18-11(5)12)19(15,16)14-9-8(13)6-2-3-17-10(6)9/h4,6,8-10,14H,2-3,13H2,1H3. The van der Waals surface area contributed by atoms with Crippen LogP contribution in [0.3, 0.4) is 0 Å². The summed E-state index contributed by atoms with van der Waals surface area (Å²) in [6.45, 7) is 2.54. The monoisotopic (exact) mass is 366 g/mol. The Morgan fingerprint density at radius 1 is 1.58 bits per heavy atom. The highest BCUT2D eigenvalue weighted by molar-refractivity contribution is 9.11. The number of ether oxygens (including phenoxy) is 1. The summed E-state index contributed by atoms with van der Waals surface area (Å²) in [5, 5.41) is 0. The fraction of sp³-hybridized carbons (Fsp3) is 0.636. The molecule has 1 aromatic heterocycles. The zero-order valence-electron chi connectivity index (χ0n) is 10.3. The van der Waals surface area contributed by atoms with E-state index in [0.29, 0.717) is 16.7 Å². The van der Waals surface area contributed by atoms with Crippen molar-refractivity contribution in [2.24, 2.45) is 11.7 Å². The van der Waals surface area contributed by atoms with Gasteiger partial charge in [0.1, 0.15) is 4.21 Å². The lowest BCUT2D eigenvalue weighted by Gasteiger charge is -2.45. The summed E-state index contributed by atoms with van der Waals surface area (Å²) >= 11 is 4.55. The fourth-order valence-corrected chi connectivity index (χ4v) is 6.22. The van der Waals surface area contributed by atoms with Crippen LogP contribution in [0.15, 0.2) is 14.1 Å². The van der Waals surface area contributed by atoms with Crippen molar-refractivity contribution in [3.63, 3.8) is 0 Å². The molecule has 3 N–H and O–H groups in total. The van der Waals surface area contributed by atoms with Crippen molar-refractivity contribution in [2.75, 3.05) is 6.61 Å². The minimum absolute atomic E-state index is 0.0609. The van der Waals surface area contributed by atoms with Gasteiger partial charge in [0.25, 0.3) is 0 Å². The van der Waals surface area contributed by atoms with E-state index in [9.17, 15) is 8.42 Å². The van der Waals surface area contributed by atoms with Crippen LogP contribution in [0.5, 0.6) is 0 Å². The van der Waals surface area contributed by atoms with Crippen molar-refractivity contribution in [1.29, 1.82) is 0 Å². The third-order valence-electron chi connectivity index (χ3n) is 3.84. The molecule has 0 radical (unpaired) electrons. The molecular weight excluding hydrogens is 352 g/mol. The summed E-state index contributed by atoms with van der Waals surface area (Å²) in [5.74, 6) is 0.296. The number of nitrogens with two attached hydrogens (primary N) is 1. The molecule has 2 heterocycles. The lowest BCUT2D eigenvalue weighted by molar-refractivity contribution is -0.00922. The van der Waals surface area contributed by atoms with Crippen LogP contribution in [0.4, 0.5) is 0 Å². The van der Waals surface area contributed by atoms with Crippen molar-refractivity contribution >= 4 is 37.3 Å². The lowest BCUT2D eigenvalue weighted by atomic mass is 9.73. The van der Waals surface area contributed by atoms with Gasteiger partial charge in [-0.25, -0.2) is 13.1 Å². The van der Waals surface area contributed by atoms with E-state index in [1.807, 2.05) is 6.92 Å². The minimum atomic E-state index is -3.52. The molecule has 1 aliphatic heterocycles. The van der Waals surface area contributed by atoms with Gasteiger partial charge in [-0.05, 0) is 40.9 Å². The average Bonchev–Trinajstić information content (AvgIpc) is 2.92. The number of rotatable bonds is 3. The lowest BCUT2D eigenvalue weighted by Crippen LogP contribution is -2.68. The smallest absolute Gasteiger partial charge is 0.250 e. The fourth-order valence-electron chi connectivity index (χ4n) is 2.70. The number of hydrogen-bond acceptors (Lipinski definition) is 5. The van der Waals surface area contributed by atoms with Gasteiger partial charge in [-0.1, -0.05) is 0 Å². The summed E-state index contributed by atoms with van der Waals surface area (Å²) in [6, 6.07) is 1.21. The van der Waals surface area contributed by atoms with Gasteiger partial charge >= 0.3 is 0 Å². The SMILES string of the molecule is Cc1cc(S(=O)(=O)NC2C(N)C3CCOC32)sc1Br. The molecule has 0 spiro atoms. The molecule has 4 unspecified atom stereocenters. The molecule has 1 aromatic rings. The summed E-state index contributed by atoms with van der Waals surface area (Å²) in [4.78, 5) is 0. The average molecular weight is 367 g/mol. The molecule has 1 saturated heterocycles. The molecule has 3 rings (SSSR count). The first-order valence-electron chi connectivity index (χ1n) is 6.05. The Labute approximate surface area is 124 Å². The Bertz CT molecular complexity index is 582. The highest BCUT2D eigenvalue weighted by atomic mass is 79.9. The molecule has 0 amide bonds. The Balaban J connectivity index is 1.79. The van der Waals surface area contributed by atoms with Gasteiger partial charge in [-0.2, -0.15) is 0 Å². The topological polar surface area (TPSA) is 81.4 Å². The maximum absolute atomic E-state index is 12.3. The maximum atomic E-state index is 12.3. The summed E-state index contributed by atoms with van der Waals surface area (Å²) in [7, 11) is -3.52. The van der Waals surface area contributed by atoms with Crippen LogP contribution in [0.2, 0.25) is 0 Å². The van der Waals surface area contributed by atoms with Gasteiger partial charge in [-0.3, -0.25) is 0 Å². The van der Waals surface area contributed by atoms with Crippen LogP contribution >= 0.6 is 27.3 Å². The van der Waals surface area contributed by atoms with Gasteiger partial charge in [0.2, 0.25) is 10.0 Å². The highest BCUT2D eigenvalue weighted by Gasteiger charge is 2.53. The van der Waals surface area contributed by atoms with E-state index in [2.05, 4.69) is 20.7 Å². The Kier molecular flexibility index (Phi) is 3.52.